The molecule has 2 aromatic heterocycles. The number of esters is 1. The molecule has 0 fully saturated rings. The molecule has 33 heavy (non-hydrogen) atoms. The Bertz CT molecular complexity index is 1220. The summed E-state index contributed by atoms with van der Waals surface area (Å²) in [6.07, 6.45) is 4.92. The number of carbonyl (C=O) groups is 1. The van der Waals surface area contributed by atoms with Gasteiger partial charge in [0.25, 0.3) is 0 Å². The van der Waals surface area contributed by atoms with E-state index in [-0.39, 0.29) is 5.97 Å². The number of benzene rings is 2. The lowest BCUT2D eigenvalue weighted by atomic mass is 10.1. The minimum absolute atomic E-state index is 0.330. The van der Waals surface area contributed by atoms with Crippen LogP contribution in [-0.4, -0.2) is 48.2 Å². The van der Waals surface area contributed by atoms with Crippen molar-refractivity contribution in [1.29, 1.82) is 0 Å². The van der Waals surface area contributed by atoms with Gasteiger partial charge in [-0.3, -0.25) is 4.98 Å². The van der Waals surface area contributed by atoms with E-state index in [9.17, 15) is 4.79 Å². The van der Waals surface area contributed by atoms with Gasteiger partial charge in [0, 0.05) is 55.0 Å². The average Bonchev–Trinajstić information content (AvgIpc) is 3.19. The van der Waals surface area contributed by atoms with Gasteiger partial charge in [0.15, 0.2) is 0 Å². The van der Waals surface area contributed by atoms with Crippen molar-refractivity contribution in [3.63, 3.8) is 0 Å². The number of likely N-dealkylation sites (N-methyl/N-ethyl adjacent to an activating group) is 1. The minimum atomic E-state index is -0.330. The molecule has 4 rings (SSSR count). The predicted octanol–water partition coefficient (Wildman–Crippen LogP) is 4.55. The molecule has 0 aliphatic rings. The third-order valence-electron chi connectivity index (χ3n) is 5.81. The summed E-state index contributed by atoms with van der Waals surface area (Å²) in [4.78, 5) is 18.9. The van der Waals surface area contributed by atoms with Gasteiger partial charge in [0.2, 0.25) is 0 Å². The van der Waals surface area contributed by atoms with Crippen molar-refractivity contribution in [3.8, 4) is 5.75 Å². The SMILES string of the molecule is COC(=O)c1ccc2c(CN(C)CCc3ccccn3)cn(Cc3ccc(OC)cc3)c2c1. The molecule has 170 valence electrons. The van der Waals surface area contributed by atoms with Crippen molar-refractivity contribution in [1.82, 2.24) is 14.5 Å². The molecule has 2 heterocycles. The molecular formula is C27H29N3O3. The summed E-state index contributed by atoms with van der Waals surface area (Å²) in [5, 5.41) is 1.14. The summed E-state index contributed by atoms with van der Waals surface area (Å²) in [5.74, 6) is 0.502. The second kappa shape index (κ2) is 10.3. The van der Waals surface area contributed by atoms with Gasteiger partial charge in [-0.15, -0.1) is 0 Å². The first-order valence-electron chi connectivity index (χ1n) is 11.0. The number of pyridine rings is 1. The van der Waals surface area contributed by atoms with Crippen molar-refractivity contribution in [2.75, 3.05) is 27.8 Å². The molecule has 6 heteroatoms. The Labute approximate surface area is 194 Å². The Morgan fingerprint density at radius 2 is 1.88 bits per heavy atom. The Balaban J connectivity index is 1.60. The van der Waals surface area contributed by atoms with E-state index < -0.39 is 0 Å². The molecular weight excluding hydrogens is 414 g/mol. The Hall–Kier alpha value is -3.64. The summed E-state index contributed by atoms with van der Waals surface area (Å²) >= 11 is 0. The number of hydrogen-bond acceptors (Lipinski definition) is 5. The van der Waals surface area contributed by atoms with Gasteiger partial charge < -0.3 is 18.9 Å². The van der Waals surface area contributed by atoms with Crippen LogP contribution in [0.4, 0.5) is 0 Å². The fourth-order valence-electron chi connectivity index (χ4n) is 4.02. The van der Waals surface area contributed by atoms with Crippen LogP contribution < -0.4 is 4.74 Å². The van der Waals surface area contributed by atoms with Crippen LogP contribution in [0, 0.1) is 0 Å². The summed E-state index contributed by atoms with van der Waals surface area (Å²) in [5.41, 5.74) is 5.04. The first-order chi connectivity index (χ1) is 16.1. The molecule has 0 atom stereocenters. The third-order valence-corrected chi connectivity index (χ3v) is 5.81. The van der Waals surface area contributed by atoms with E-state index in [1.54, 1.807) is 7.11 Å². The molecule has 0 bridgehead atoms. The molecule has 0 amide bonds. The van der Waals surface area contributed by atoms with Crippen molar-refractivity contribution in [2.45, 2.75) is 19.5 Å². The predicted molar refractivity (Wildman–Crippen MR) is 130 cm³/mol. The van der Waals surface area contributed by atoms with Crippen molar-refractivity contribution in [2.24, 2.45) is 0 Å². The zero-order valence-corrected chi connectivity index (χ0v) is 19.3. The van der Waals surface area contributed by atoms with E-state index >= 15 is 0 Å². The number of methoxy groups -OCH3 is 2. The van der Waals surface area contributed by atoms with E-state index in [0.29, 0.717) is 12.1 Å². The summed E-state index contributed by atoms with van der Waals surface area (Å²) in [6.45, 7) is 2.40. The van der Waals surface area contributed by atoms with Crippen LogP contribution in [0.5, 0.6) is 5.75 Å². The van der Waals surface area contributed by atoms with E-state index in [4.69, 9.17) is 9.47 Å². The monoisotopic (exact) mass is 443 g/mol. The lowest BCUT2D eigenvalue weighted by molar-refractivity contribution is 0.0601. The molecule has 0 saturated carbocycles. The normalized spacial score (nSPS) is 11.2. The van der Waals surface area contributed by atoms with Gasteiger partial charge in [-0.1, -0.05) is 24.3 Å². The van der Waals surface area contributed by atoms with Crippen molar-refractivity contribution >= 4 is 16.9 Å². The molecule has 0 aliphatic carbocycles. The van der Waals surface area contributed by atoms with E-state index in [1.807, 2.05) is 48.7 Å². The Morgan fingerprint density at radius 3 is 2.58 bits per heavy atom. The maximum absolute atomic E-state index is 12.1. The van der Waals surface area contributed by atoms with Gasteiger partial charge in [0.05, 0.1) is 19.8 Å². The van der Waals surface area contributed by atoms with Crippen molar-refractivity contribution < 1.29 is 14.3 Å². The first kappa shape index (κ1) is 22.6. The largest absolute Gasteiger partial charge is 0.497 e. The van der Waals surface area contributed by atoms with Gasteiger partial charge in [-0.25, -0.2) is 4.79 Å². The van der Waals surface area contributed by atoms with E-state index in [2.05, 4.69) is 45.9 Å². The van der Waals surface area contributed by atoms with Crippen LogP contribution >= 0.6 is 0 Å². The summed E-state index contributed by atoms with van der Waals surface area (Å²) in [7, 11) is 5.20. The standard InChI is InChI=1S/C27H29N3O3/c1-29(15-13-23-6-4-5-14-28-23)18-22-19-30(17-20-7-10-24(32-2)11-8-20)26-16-21(27(31)33-3)9-12-25(22)26/h4-12,14,16,19H,13,15,17-18H2,1-3H3. The van der Waals surface area contributed by atoms with Gasteiger partial charge in [0.1, 0.15) is 5.75 Å². The number of carbonyl (C=O) groups excluding carboxylic acids is 1. The van der Waals surface area contributed by atoms with Crippen molar-refractivity contribution in [3.05, 3.63) is 95.4 Å². The maximum Gasteiger partial charge on any atom is 0.337 e. The number of aromatic nitrogens is 2. The minimum Gasteiger partial charge on any atom is -0.497 e. The molecule has 2 aromatic carbocycles. The topological polar surface area (TPSA) is 56.6 Å². The lowest BCUT2D eigenvalue weighted by Crippen LogP contribution is -2.21. The van der Waals surface area contributed by atoms with E-state index in [0.717, 1.165) is 47.4 Å². The molecule has 0 saturated heterocycles. The number of hydrogen-bond donors (Lipinski definition) is 0. The van der Waals surface area contributed by atoms with Crippen LogP contribution in [0.15, 0.2) is 73.1 Å². The van der Waals surface area contributed by atoms with Crippen LogP contribution in [-0.2, 0) is 24.2 Å². The smallest absolute Gasteiger partial charge is 0.337 e. The molecule has 6 nitrogen and oxygen atoms in total. The number of rotatable bonds is 9. The number of nitrogens with zero attached hydrogens (tertiary/aromatic N) is 3. The highest BCUT2D eigenvalue weighted by molar-refractivity contribution is 5.95. The number of fused-ring (bicyclic) bond motifs is 1. The molecule has 0 spiro atoms. The second-order valence-corrected chi connectivity index (χ2v) is 8.16. The Morgan fingerprint density at radius 1 is 1.06 bits per heavy atom. The lowest BCUT2D eigenvalue weighted by Gasteiger charge is -2.16. The van der Waals surface area contributed by atoms with Crippen LogP contribution in [0.2, 0.25) is 0 Å². The quantitative estimate of drug-likeness (QED) is 0.355. The highest BCUT2D eigenvalue weighted by Gasteiger charge is 2.14. The second-order valence-electron chi connectivity index (χ2n) is 8.16. The maximum atomic E-state index is 12.1. The van der Waals surface area contributed by atoms with Crippen LogP contribution in [0.25, 0.3) is 10.9 Å². The summed E-state index contributed by atoms with van der Waals surface area (Å²) in [6, 6.07) is 19.9. The van der Waals surface area contributed by atoms with Crippen LogP contribution in [0.1, 0.15) is 27.2 Å². The van der Waals surface area contributed by atoms with Crippen LogP contribution in [0.3, 0.4) is 0 Å². The molecule has 0 radical (unpaired) electrons. The first-order valence-corrected chi connectivity index (χ1v) is 11.0. The Kier molecular flexibility index (Phi) is 7.05. The van der Waals surface area contributed by atoms with E-state index in [1.165, 1.54) is 12.7 Å². The van der Waals surface area contributed by atoms with Gasteiger partial charge in [-0.05, 0) is 54.6 Å². The zero-order chi connectivity index (χ0) is 23.2. The zero-order valence-electron chi connectivity index (χ0n) is 19.3. The fourth-order valence-corrected chi connectivity index (χ4v) is 4.02. The molecule has 0 N–H and O–H groups in total. The average molecular weight is 444 g/mol. The third kappa shape index (κ3) is 5.41. The number of ether oxygens (including phenoxy) is 2. The highest BCUT2D eigenvalue weighted by Crippen LogP contribution is 2.26. The van der Waals surface area contributed by atoms with Gasteiger partial charge in [-0.2, -0.15) is 0 Å². The molecule has 0 aliphatic heterocycles. The fraction of sp³-hybridized carbons (Fsp3) is 0.259. The molecule has 4 aromatic rings. The summed E-state index contributed by atoms with van der Waals surface area (Å²) < 4.78 is 12.4. The highest BCUT2D eigenvalue weighted by atomic mass is 16.5. The molecule has 0 unspecified atom stereocenters. The van der Waals surface area contributed by atoms with Gasteiger partial charge >= 0.3 is 5.97 Å².